The summed E-state index contributed by atoms with van der Waals surface area (Å²) in [6.07, 6.45) is 3.99. The number of rotatable bonds is 6. The van der Waals surface area contributed by atoms with Crippen LogP contribution in [0.3, 0.4) is 0 Å². The number of hydrogen-bond donors (Lipinski definition) is 2. The maximum absolute atomic E-state index is 12.3. The zero-order valence-corrected chi connectivity index (χ0v) is 15.0. The number of carbonyl (C=O) groups excluding carboxylic acids is 2. The van der Waals surface area contributed by atoms with Gasteiger partial charge in [-0.3, -0.25) is 9.59 Å². The number of nitrogens with zero attached hydrogens (tertiary/aromatic N) is 2. The normalized spacial score (nSPS) is 19.9. The summed E-state index contributed by atoms with van der Waals surface area (Å²) in [6, 6.07) is 1.32. The fourth-order valence-corrected chi connectivity index (χ4v) is 3.14. The van der Waals surface area contributed by atoms with E-state index in [1.807, 2.05) is 18.7 Å². The molecule has 3 N–H and O–H groups in total. The number of likely N-dealkylation sites (tertiary alicyclic amines) is 1. The van der Waals surface area contributed by atoms with Gasteiger partial charge in [0.25, 0.3) is 5.91 Å². The van der Waals surface area contributed by atoms with Crippen LogP contribution in [0.15, 0.2) is 10.6 Å². The molecule has 7 heteroatoms. The molecule has 0 bridgehead atoms. The molecule has 1 aliphatic carbocycles. The Balaban J connectivity index is 1.41. The van der Waals surface area contributed by atoms with Gasteiger partial charge in [0.2, 0.25) is 5.91 Å². The van der Waals surface area contributed by atoms with Gasteiger partial charge in [0.05, 0.1) is 6.04 Å². The molecule has 138 valence electrons. The average Bonchev–Trinajstić information content (AvgIpc) is 3.35. The Labute approximate surface area is 148 Å². The maximum atomic E-state index is 12.3. The zero-order valence-electron chi connectivity index (χ0n) is 15.0. The molecule has 1 atom stereocenters. The summed E-state index contributed by atoms with van der Waals surface area (Å²) in [5, 5.41) is 6.80. The molecule has 1 unspecified atom stereocenters. The highest BCUT2D eigenvalue weighted by Gasteiger charge is 2.30. The third-order valence-corrected chi connectivity index (χ3v) is 5.22. The van der Waals surface area contributed by atoms with Crippen LogP contribution in [0, 0.1) is 11.8 Å². The number of hydrogen-bond acceptors (Lipinski definition) is 5. The van der Waals surface area contributed by atoms with Gasteiger partial charge in [-0.25, -0.2) is 0 Å². The van der Waals surface area contributed by atoms with Gasteiger partial charge >= 0.3 is 0 Å². The van der Waals surface area contributed by atoms with Gasteiger partial charge in [0.1, 0.15) is 5.76 Å². The van der Waals surface area contributed by atoms with Crippen LogP contribution in [0.25, 0.3) is 0 Å². The van der Waals surface area contributed by atoms with E-state index in [-0.39, 0.29) is 17.7 Å². The van der Waals surface area contributed by atoms with Gasteiger partial charge in [-0.1, -0.05) is 19.0 Å². The molecule has 0 aromatic carbocycles. The number of amides is 2. The van der Waals surface area contributed by atoms with E-state index >= 15 is 0 Å². The maximum Gasteiger partial charge on any atom is 0.273 e. The van der Waals surface area contributed by atoms with Gasteiger partial charge in [-0.2, -0.15) is 0 Å². The Morgan fingerprint density at radius 2 is 2.00 bits per heavy atom. The molecule has 1 saturated heterocycles. The molecular formula is C18H28N4O3. The predicted molar refractivity (Wildman–Crippen MR) is 92.9 cm³/mol. The van der Waals surface area contributed by atoms with E-state index in [1.54, 1.807) is 6.07 Å². The number of aromatic nitrogens is 1. The van der Waals surface area contributed by atoms with Gasteiger partial charge in [0, 0.05) is 31.6 Å². The van der Waals surface area contributed by atoms with Gasteiger partial charge in [0.15, 0.2) is 5.69 Å². The number of piperidine rings is 1. The average molecular weight is 348 g/mol. The first-order valence-electron chi connectivity index (χ1n) is 9.25. The Morgan fingerprint density at radius 1 is 1.32 bits per heavy atom. The molecule has 1 aromatic rings. The highest BCUT2D eigenvalue weighted by molar-refractivity contribution is 5.92. The van der Waals surface area contributed by atoms with Crippen LogP contribution in [-0.2, 0) is 4.79 Å². The van der Waals surface area contributed by atoms with E-state index in [2.05, 4.69) is 10.5 Å². The van der Waals surface area contributed by atoms with Crippen LogP contribution in [0.2, 0.25) is 0 Å². The van der Waals surface area contributed by atoms with E-state index in [9.17, 15) is 9.59 Å². The van der Waals surface area contributed by atoms with Crippen molar-refractivity contribution in [3.8, 4) is 0 Å². The minimum Gasteiger partial charge on any atom is -0.360 e. The monoisotopic (exact) mass is 348 g/mol. The SMILES string of the molecule is CC(C)C(N)C(=O)N1CCC(CNC(=O)c2cc(C3CC3)on2)CC1. The van der Waals surface area contributed by atoms with Crippen molar-refractivity contribution in [2.24, 2.45) is 17.6 Å². The fraction of sp³-hybridized carbons (Fsp3) is 0.722. The Hall–Kier alpha value is -1.89. The molecular weight excluding hydrogens is 320 g/mol. The molecule has 0 radical (unpaired) electrons. The summed E-state index contributed by atoms with van der Waals surface area (Å²) in [5.74, 6) is 1.64. The Kier molecular flexibility index (Phi) is 5.42. The lowest BCUT2D eigenvalue weighted by atomic mass is 9.95. The number of nitrogens with one attached hydrogen (secondary N) is 1. The second-order valence-corrected chi connectivity index (χ2v) is 7.64. The third-order valence-electron chi connectivity index (χ3n) is 5.22. The molecule has 1 saturated carbocycles. The van der Waals surface area contributed by atoms with E-state index in [0.29, 0.717) is 37.2 Å². The molecule has 0 spiro atoms. The second kappa shape index (κ2) is 7.56. The largest absolute Gasteiger partial charge is 0.360 e. The molecule has 2 aliphatic rings. The predicted octanol–water partition coefficient (Wildman–Crippen LogP) is 1.50. The molecule has 1 aromatic heterocycles. The lowest BCUT2D eigenvalue weighted by Crippen LogP contribution is -2.50. The van der Waals surface area contributed by atoms with Crippen LogP contribution in [0.4, 0.5) is 0 Å². The lowest BCUT2D eigenvalue weighted by Gasteiger charge is -2.34. The van der Waals surface area contributed by atoms with Gasteiger partial charge in [-0.05, 0) is 37.5 Å². The van der Waals surface area contributed by atoms with Crippen molar-refractivity contribution in [3.63, 3.8) is 0 Å². The summed E-state index contributed by atoms with van der Waals surface area (Å²) in [5.41, 5.74) is 6.31. The van der Waals surface area contributed by atoms with Gasteiger partial charge < -0.3 is 20.5 Å². The van der Waals surface area contributed by atoms with Crippen molar-refractivity contribution in [1.82, 2.24) is 15.4 Å². The van der Waals surface area contributed by atoms with Crippen molar-refractivity contribution in [2.45, 2.75) is 51.5 Å². The smallest absolute Gasteiger partial charge is 0.273 e. The molecule has 2 fully saturated rings. The topological polar surface area (TPSA) is 101 Å². The Bertz CT molecular complexity index is 616. The third kappa shape index (κ3) is 4.39. The van der Waals surface area contributed by atoms with Gasteiger partial charge in [-0.15, -0.1) is 0 Å². The van der Waals surface area contributed by atoms with Crippen LogP contribution < -0.4 is 11.1 Å². The van der Waals surface area contributed by atoms with E-state index in [1.165, 1.54) is 0 Å². The molecule has 3 rings (SSSR count). The summed E-state index contributed by atoms with van der Waals surface area (Å²) in [7, 11) is 0. The van der Waals surface area contributed by atoms with Crippen LogP contribution in [0.5, 0.6) is 0 Å². The summed E-state index contributed by atoms with van der Waals surface area (Å²) in [6.45, 7) is 5.93. The number of carbonyl (C=O) groups is 2. The standard InChI is InChI=1S/C18H28N4O3/c1-11(2)16(19)18(24)22-7-5-12(6-8-22)10-20-17(23)14-9-15(25-21-14)13-3-4-13/h9,11-13,16H,3-8,10,19H2,1-2H3,(H,20,23). The van der Waals surface area contributed by atoms with Crippen LogP contribution in [-0.4, -0.2) is 47.5 Å². The highest BCUT2D eigenvalue weighted by atomic mass is 16.5. The lowest BCUT2D eigenvalue weighted by molar-refractivity contribution is -0.134. The second-order valence-electron chi connectivity index (χ2n) is 7.64. The molecule has 2 amide bonds. The van der Waals surface area contributed by atoms with Crippen molar-refractivity contribution >= 4 is 11.8 Å². The molecule has 7 nitrogen and oxygen atoms in total. The van der Waals surface area contributed by atoms with Crippen molar-refractivity contribution in [1.29, 1.82) is 0 Å². The Morgan fingerprint density at radius 3 is 2.60 bits per heavy atom. The van der Waals surface area contributed by atoms with Crippen molar-refractivity contribution < 1.29 is 14.1 Å². The summed E-state index contributed by atoms with van der Waals surface area (Å²) >= 11 is 0. The zero-order chi connectivity index (χ0) is 18.0. The summed E-state index contributed by atoms with van der Waals surface area (Å²) in [4.78, 5) is 26.3. The highest BCUT2D eigenvalue weighted by Crippen LogP contribution is 2.40. The first-order chi connectivity index (χ1) is 12.0. The van der Waals surface area contributed by atoms with E-state index in [0.717, 1.165) is 31.4 Å². The first kappa shape index (κ1) is 17.9. The summed E-state index contributed by atoms with van der Waals surface area (Å²) < 4.78 is 5.22. The quantitative estimate of drug-likeness (QED) is 0.811. The minimum atomic E-state index is -0.427. The van der Waals surface area contributed by atoms with E-state index in [4.69, 9.17) is 10.3 Å². The minimum absolute atomic E-state index is 0.0349. The van der Waals surface area contributed by atoms with E-state index < -0.39 is 6.04 Å². The van der Waals surface area contributed by atoms with Crippen LogP contribution in [0.1, 0.15) is 61.7 Å². The fourth-order valence-electron chi connectivity index (χ4n) is 3.14. The molecule has 25 heavy (non-hydrogen) atoms. The molecule has 1 aliphatic heterocycles. The van der Waals surface area contributed by atoms with Crippen molar-refractivity contribution in [2.75, 3.05) is 19.6 Å². The molecule has 2 heterocycles. The van der Waals surface area contributed by atoms with Crippen LogP contribution >= 0.6 is 0 Å². The number of nitrogens with two attached hydrogens (primary N) is 1. The first-order valence-corrected chi connectivity index (χ1v) is 9.25. The van der Waals surface area contributed by atoms with Crippen molar-refractivity contribution in [3.05, 3.63) is 17.5 Å².